The van der Waals surface area contributed by atoms with Crippen LogP contribution in [0.5, 0.6) is 0 Å². The molecule has 1 aromatic heterocycles. The number of nitrogens with one attached hydrogen (secondary N) is 2. The molecule has 0 aliphatic rings. The Labute approximate surface area is 183 Å². The van der Waals surface area contributed by atoms with Crippen LogP contribution in [0.25, 0.3) is 0 Å². The number of rotatable bonds is 6. The molecule has 1 aromatic carbocycles. The number of alkyl halides is 3. The number of ether oxygens (including phenoxy) is 1. The molecule has 0 radical (unpaired) electrons. The van der Waals surface area contributed by atoms with Crippen LogP contribution in [0.1, 0.15) is 40.9 Å². The lowest BCUT2D eigenvalue weighted by molar-refractivity contribution is -0.202. The summed E-state index contributed by atoms with van der Waals surface area (Å²) < 4.78 is 72.1. The van der Waals surface area contributed by atoms with E-state index in [1.807, 2.05) is 0 Å². The summed E-state index contributed by atoms with van der Waals surface area (Å²) in [5.41, 5.74) is 3.90. The SMILES string of the molecule is C[C@H](C[C@@H](OC(=N)N)C(F)(F)F)c1cc(NC(=O)c2ncc(C#N)cc2Cl)cc(F)c1F. The van der Waals surface area contributed by atoms with Gasteiger partial charge in [-0.1, -0.05) is 18.5 Å². The minimum Gasteiger partial charge on any atom is -0.453 e. The summed E-state index contributed by atoms with van der Waals surface area (Å²) in [6, 6.07) is 3.36. The summed E-state index contributed by atoms with van der Waals surface area (Å²) in [4.78, 5) is 16.1. The number of hydrogen-bond acceptors (Lipinski definition) is 5. The van der Waals surface area contributed by atoms with Gasteiger partial charge in [-0.05, 0) is 23.6 Å². The molecular formula is C19H15ClF5N5O2. The van der Waals surface area contributed by atoms with E-state index in [4.69, 9.17) is 28.0 Å². The van der Waals surface area contributed by atoms with E-state index in [-0.39, 0.29) is 22.0 Å². The highest BCUT2D eigenvalue weighted by molar-refractivity contribution is 6.34. The highest BCUT2D eigenvalue weighted by Gasteiger charge is 2.43. The van der Waals surface area contributed by atoms with E-state index < -0.39 is 53.7 Å². The number of anilines is 1. The molecule has 1 amide bonds. The molecule has 0 fully saturated rings. The van der Waals surface area contributed by atoms with E-state index in [2.05, 4.69) is 15.0 Å². The zero-order chi connectivity index (χ0) is 24.2. The highest BCUT2D eigenvalue weighted by Crippen LogP contribution is 2.34. The Morgan fingerprint density at radius 3 is 2.56 bits per heavy atom. The molecule has 0 bridgehead atoms. The molecule has 170 valence electrons. The maximum absolute atomic E-state index is 14.3. The van der Waals surface area contributed by atoms with Gasteiger partial charge in [0, 0.05) is 24.4 Å². The number of nitrogens with zero attached hydrogens (tertiary/aromatic N) is 2. The fraction of sp³-hybridized carbons (Fsp3) is 0.263. The summed E-state index contributed by atoms with van der Waals surface area (Å²) >= 11 is 5.89. The van der Waals surface area contributed by atoms with Gasteiger partial charge < -0.3 is 15.8 Å². The third-order valence-electron chi connectivity index (χ3n) is 4.23. The Hall–Kier alpha value is -3.46. The molecule has 2 aromatic rings. The maximum Gasteiger partial charge on any atom is 0.425 e. The van der Waals surface area contributed by atoms with Crippen molar-refractivity contribution in [1.29, 1.82) is 10.7 Å². The van der Waals surface area contributed by atoms with E-state index in [0.717, 1.165) is 12.3 Å². The van der Waals surface area contributed by atoms with Crippen molar-refractivity contribution >= 4 is 29.2 Å². The third-order valence-corrected chi connectivity index (χ3v) is 4.52. The minimum absolute atomic E-state index is 0.0856. The fourth-order valence-corrected chi connectivity index (χ4v) is 3.00. The number of carbonyl (C=O) groups is 1. The number of benzene rings is 1. The quantitative estimate of drug-likeness (QED) is 0.323. The molecule has 7 nitrogen and oxygen atoms in total. The van der Waals surface area contributed by atoms with Crippen molar-refractivity contribution in [2.75, 3.05) is 5.32 Å². The smallest absolute Gasteiger partial charge is 0.425 e. The summed E-state index contributed by atoms with van der Waals surface area (Å²) in [5.74, 6) is -4.99. The van der Waals surface area contributed by atoms with E-state index in [0.29, 0.717) is 6.07 Å². The van der Waals surface area contributed by atoms with E-state index in [1.54, 1.807) is 6.07 Å². The number of halogens is 6. The maximum atomic E-state index is 14.3. The van der Waals surface area contributed by atoms with Crippen molar-refractivity contribution in [3.63, 3.8) is 0 Å². The first-order valence-corrected chi connectivity index (χ1v) is 9.14. The second kappa shape index (κ2) is 9.78. The topological polar surface area (TPSA) is 125 Å². The lowest BCUT2D eigenvalue weighted by Gasteiger charge is -2.24. The van der Waals surface area contributed by atoms with E-state index in [1.165, 1.54) is 13.0 Å². The van der Waals surface area contributed by atoms with Gasteiger partial charge in [-0.2, -0.15) is 18.4 Å². The summed E-state index contributed by atoms with van der Waals surface area (Å²) in [7, 11) is 0. The molecule has 2 rings (SSSR count). The van der Waals surface area contributed by atoms with E-state index in [9.17, 15) is 26.7 Å². The van der Waals surface area contributed by atoms with Crippen LogP contribution in [0.4, 0.5) is 27.6 Å². The van der Waals surface area contributed by atoms with Gasteiger partial charge in [-0.15, -0.1) is 0 Å². The average Bonchev–Trinajstić information content (AvgIpc) is 2.68. The highest BCUT2D eigenvalue weighted by atomic mass is 35.5. The molecule has 0 aliphatic heterocycles. The van der Waals surface area contributed by atoms with Crippen molar-refractivity contribution in [3.05, 3.63) is 57.9 Å². The Morgan fingerprint density at radius 1 is 1.38 bits per heavy atom. The van der Waals surface area contributed by atoms with Crippen molar-refractivity contribution < 1.29 is 31.5 Å². The molecule has 13 heteroatoms. The zero-order valence-electron chi connectivity index (χ0n) is 16.2. The van der Waals surface area contributed by atoms with Crippen LogP contribution in [-0.2, 0) is 4.74 Å². The number of nitrogens with two attached hydrogens (primary N) is 1. The Balaban J connectivity index is 2.31. The number of nitriles is 1. The monoisotopic (exact) mass is 475 g/mol. The summed E-state index contributed by atoms with van der Waals surface area (Å²) in [6.45, 7) is 1.19. The lowest BCUT2D eigenvalue weighted by Crippen LogP contribution is -2.37. The Morgan fingerprint density at radius 2 is 2.03 bits per heavy atom. The van der Waals surface area contributed by atoms with Gasteiger partial charge in [0.1, 0.15) is 11.8 Å². The largest absolute Gasteiger partial charge is 0.453 e. The molecule has 0 saturated heterocycles. The number of amides is 1. The first-order chi connectivity index (χ1) is 14.8. The predicted molar refractivity (Wildman–Crippen MR) is 104 cm³/mol. The van der Waals surface area contributed by atoms with Gasteiger partial charge in [0.25, 0.3) is 11.9 Å². The number of carbonyl (C=O) groups excluding carboxylic acids is 1. The minimum atomic E-state index is -4.92. The molecule has 4 N–H and O–H groups in total. The van der Waals surface area contributed by atoms with Crippen molar-refractivity contribution in [2.24, 2.45) is 5.73 Å². The number of amidine groups is 1. The van der Waals surface area contributed by atoms with Gasteiger partial charge in [0.2, 0.25) is 0 Å². The number of aromatic nitrogens is 1. The standard InChI is InChI=1S/C19H15ClF5N5O2/c1-8(2-14(19(23,24)25)32-18(27)28)11-4-10(5-13(21)15(11)22)30-17(31)16-12(20)3-9(6-26)7-29-16/h3-5,7-8,14H,2H2,1H3,(H3,27,28)(H,30,31)/t8-,14-/m1/s1. The van der Waals surface area contributed by atoms with Crippen LogP contribution in [-0.4, -0.2) is 29.2 Å². The first kappa shape index (κ1) is 24.8. The van der Waals surface area contributed by atoms with Crippen LogP contribution in [0.2, 0.25) is 5.02 Å². The van der Waals surface area contributed by atoms with Crippen LogP contribution < -0.4 is 11.1 Å². The van der Waals surface area contributed by atoms with Crippen LogP contribution >= 0.6 is 11.6 Å². The molecule has 1 heterocycles. The number of hydrogen-bond donors (Lipinski definition) is 3. The molecule has 0 spiro atoms. The predicted octanol–water partition coefficient (Wildman–Crippen LogP) is 4.47. The lowest BCUT2D eigenvalue weighted by atomic mass is 9.93. The van der Waals surface area contributed by atoms with Crippen molar-refractivity contribution in [1.82, 2.24) is 4.98 Å². The van der Waals surface area contributed by atoms with Crippen LogP contribution in [0, 0.1) is 28.4 Å². The average molecular weight is 476 g/mol. The number of pyridine rings is 1. The van der Waals surface area contributed by atoms with Crippen LogP contribution in [0.15, 0.2) is 24.4 Å². The molecule has 32 heavy (non-hydrogen) atoms. The zero-order valence-corrected chi connectivity index (χ0v) is 17.0. The summed E-state index contributed by atoms with van der Waals surface area (Å²) in [6.07, 6.45) is -7.25. The first-order valence-electron chi connectivity index (χ1n) is 8.76. The second-order valence-electron chi connectivity index (χ2n) is 6.63. The van der Waals surface area contributed by atoms with Crippen molar-refractivity contribution in [2.45, 2.75) is 31.5 Å². The van der Waals surface area contributed by atoms with Crippen molar-refractivity contribution in [3.8, 4) is 6.07 Å². The van der Waals surface area contributed by atoms with Gasteiger partial charge in [0.15, 0.2) is 17.7 Å². The van der Waals surface area contributed by atoms with Gasteiger partial charge in [0.05, 0.1) is 10.6 Å². The molecular weight excluding hydrogens is 461 g/mol. The van der Waals surface area contributed by atoms with Gasteiger partial charge in [-0.3, -0.25) is 10.2 Å². The molecule has 0 unspecified atom stereocenters. The second-order valence-corrected chi connectivity index (χ2v) is 7.04. The molecule has 2 atom stereocenters. The third kappa shape index (κ3) is 6.04. The normalized spacial score (nSPS) is 13.1. The molecule has 0 aliphatic carbocycles. The van der Waals surface area contributed by atoms with Gasteiger partial charge >= 0.3 is 6.18 Å². The fourth-order valence-electron chi connectivity index (χ4n) is 2.75. The summed E-state index contributed by atoms with van der Waals surface area (Å²) in [5, 5.41) is 17.8. The van der Waals surface area contributed by atoms with E-state index >= 15 is 0 Å². The van der Waals surface area contributed by atoms with Gasteiger partial charge in [-0.25, -0.2) is 13.8 Å². The van der Waals surface area contributed by atoms with Crippen LogP contribution in [0.3, 0.4) is 0 Å². The Bertz CT molecular complexity index is 1090. The molecule has 0 saturated carbocycles. The Kier molecular flexibility index (Phi) is 7.58.